The van der Waals surface area contributed by atoms with Crippen LogP contribution in [-0.2, 0) is 12.5 Å². The second kappa shape index (κ2) is 6.02. The van der Waals surface area contributed by atoms with Crippen molar-refractivity contribution in [3.63, 3.8) is 0 Å². The second-order valence-corrected chi connectivity index (χ2v) is 6.25. The molecule has 1 aromatic heterocycles. The van der Waals surface area contributed by atoms with Gasteiger partial charge in [0, 0.05) is 30.3 Å². The first-order chi connectivity index (χ1) is 10.3. The van der Waals surface area contributed by atoms with Gasteiger partial charge in [-0.2, -0.15) is 5.10 Å². The van der Waals surface area contributed by atoms with Gasteiger partial charge in [-0.25, -0.2) is 0 Å². The zero-order chi connectivity index (χ0) is 14.7. The maximum Gasteiger partial charge on any atom is 0.0537 e. The Morgan fingerprint density at radius 1 is 1.14 bits per heavy atom. The molecule has 0 spiro atoms. The molecule has 0 bridgehead atoms. The number of aryl methyl sites for hydroxylation is 1. The Bertz CT molecular complexity index is 567. The third kappa shape index (κ3) is 2.62. The lowest BCUT2D eigenvalue weighted by atomic mass is 9.63. The standard InChI is InChI=1S/C18H25N3/c1-19-17(15-13-20-21(2)14-15)18(11-7-4-8-12-18)16-9-5-3-6-10-16/h3,5-6,9-10,13-14,17,19H,4,7-8,11-12H2,1-2H3. The quantitative estimate of drug-likeness (QED) is 0.929. The smallest absolute Gasteiger partial charge is 0.0537 e. The highest BCUT2D eigenvalue weighted by atomic mass is 15.2. The van der Waals surface area contributed by atoms with E-state index in [0.29, 0.717) is 6.04 Å². The minimum Gasteiger partial charge on any atom is -0.312 e. The SMILES string of the molecule is CNC(c1cnn(C)c1)C1(c2ccccc2)CCCCC1. The van der Waals surface area contributed by atoms with Crippen molar-refractivity contribution in [3.8, 4) is 0 Å². The number of aromatic nitrogens is 2. The van der Waals surface area contributed by atoms with Crippen LogP contribution < -0.4 is 5.32 Å². The van der Waals surface area contributed by atoms with E-state index >= 15 is 0 Å². The lowest BCUT2D eigenvalue weighted by molar-refractivity contribution is 0.221. The van der Waals surface area contributed by atoms with Gasteiger partial charge in [0.1, 0.15) is 0 Å². The topological polar surface area (TPSA) is 29.9 Å². The third-order valence-electron chi connectivity index (χ3n) is 4.99. The average molecular weight is 283 g/mol. The molecular formula is C18H25N3. The van der Waals surface area contributed by atoms with Gasteiger partial charge < -0.3 is 5.32 Å². The fourth-order valence-corrected chi connectivity index (χ4v) is 4.05. The number of hydrogen-bond donors (Lipinski definition) is 1. The molecule has 0 aliphatic heterocycles. The van der Waals surface area contributed by atoms with Crippen LogP contribution in [0.5, 0.6) is 0 Å². The Labute approximate surface area is 127 Å². The van der Waals surface area contributed by atoms with E-state index in [1.165, 1.54) is 43.2 Å². The number of hydrogen-bond acceptors (Lipinski definition) is 2. The fourth-order valence-electron chi connectivity index (χ4n) is 4.05. The van der Waals surface area contributed by atoms with Crippen molar-refractivity contribution in [1.82, 2.24) is 15.1 Å². The van der Waals surface area contributed by atoms with Crippen molar-refractivity contribution in [3.05, 3.63) is 53.9 Å². The van der Waals surface area contributed by atoms with Crippen LogP contribution in [0.25, 0.3) is 0 Å². The summed E-state index contributed by atoms with van der Waals surface area (Å²) >= 11 is 0. The molecule has 0 amide bonds. The maximum atomic E-state index is 4.38. The van der Waals surface area contributed by atoms with Gasteiger partial charge in [-0.05, 0) is 25.5 Å². The molecular weight excluding hydrogens is 258 g/mol. The van der Waals surface area contributed by atoms with Gasteiger partial charge >= 0.3 is 0 Å². The largest absolute Gasteiger partial charge is 0.312 e. The third-order valence-corrected chi connectivity index (χ3v) is 4.99. The van der Waals surface area contributed by atoms with Gasteiger partial charge in [-0.1, -0.05) is 49.6 Å². The summed E-state index contributed by atoms with van der Waals surface area (Å²) in [6.07, 6.45) is 10.6. The molecule has 3 nitrogen and oxygen atoms in total. The Hall–Kier alpha value is -1.61. The molecule has 1 N–H and O–H groups in total. The van der Waals surface area contributed by atoms with Crippen LogP contribution in [-0.4, -0.2) is 16.8 Å². The first-order valence-electron chi connectivity index (χ1n) is 7.97. The predicted octanol–water partition coefficient (Wildman–Crippen LogP) is 3.58. The number of rotatable bonds is 4. The Morgan fingerprint density at radius 3 is 2.43 bits per heavy atom. The Balaban J connectivity index is 2.05. The van der Waals surface area contributed by atoms with Crippen molar-refractivity contribution < 1.29 is 0 Å². The van der Waals surface area contributed by atoms with E-state index < -0.39 is 0 Å². The fraction of sp³-hybridized carbons (Fsp3) is 0.500. The van der Waals surface area contributed by atoms with Crippen LogP contribution in [0.15, 0.2) is 42.7 Å². The molecule has 1 atom stereocenters. The lowest BCUT2D eigenvalue weighted by Gasteiger charge is -2.44. The number of nitrogens with zero attached hydrogens (tertiary/aromatic N) is 2. The molecule has 0 saturated heterocycles. The molecule has 112 valence electrons. The lowest BCUT2D eigenvalue weighted by Crippen LogP contribution is -2.42. The van der Waals surface area contributed by atoms with E-state index in [1.54, 1.807) is 0 Å². The molecule has 1 aliphatic carbocycles. The summed E-state index contributed by atoms with van der Waals surface area (Å²) in [7, 11) is 4.07. The monoisotopic (exact) mass is 283 g/mol. The Morgan fingerprint density at radius 2 is 1.86 bits per heavy atom. The molecule has 0 radical (unpaired) electrons. The van der Waals surface area contributed by atoms with E-state index in [2.05, 4.69) is 54.0 Å². The van der Waals surface area contributed by atoms with E-state index in [9.17, 15) is 0 Å². The first-order valence-corrected chi connectivity index (χ1v) is 7.97. The van der Waals surface area contributed by atoms with Crippen molar-refractivity contribution >= 4 is 0 Å². The van der Waals surface area contributed by atoms with Crippen LogP contribution in [0, 0.1) is 0 Å². The summed E-state index contributed by atoms with van der Waals surface area (Å²) in [5, 5.41) is 7.97. The summed E-state index contributed by atoms with van der Waals surface area (Å²) in [5.74, 6) is 0. The Kier molecular flexibility index (Phi) is 4.11. The van der Waals surface area contributed by atoms with E-state index in [1.807, 2.05) is 17.9 Å². The van der Waals surface area contributed by atoms with Crippen molar-refractivity contribution in [1.29, 1.82) is 0 Å². The van der Waals surface area contributed by atoms with Crippen LogP contribution in [0.1, 0.15) is 49.3 Å². The summed E-state index contributed by atoms with van der Waals surface area (Å²) < 4.78 is 1.90. The highest BCUT2D eigenvalue weighted by molar-refractivity contribution is 5.32. The van der Waals surface area contributed by atoms with E-state index in [0.717, 1.165) is 0 Å². The van der Waals surface area contributed by atoms with Crippen molar-refractivity contribution in [2.45, 2.75) is 43.6 Å². The van der Waals surface area contributed by atoms with Gasteiger partial charge in [0.2, 0.25) is 0 Å². The number of likely N-dealkylation sites (N-methyl/N-ethyl adjacent to an activating group) is 1. The van der Waals surface area contributed by atoms with Crippen LogP contribution in [0.2, 0.25) is 0 Å². The van der Waals surface area contributed by atoms with Crippen LogP contribution in [0.4, 0.5) is 0 Å². The molecule has 21 heavy (non-hydrogen) atoms. The average Bonchev–Trinajstić information content (AvgIpc) is 2.96. The summed E-state index contributed by atoms with van der Waals surface area (Å²) in [5.41, 5.74) is 2.95. The second-order valence-electron chi connectivity index (χ2n) is 6.25. The van der Waals surface area contributed by atoms with E-state index in [4.69, 9.17) is 0 Å². The molecule has 1 aliphatic rings. The molecule has 1 aromatic carbocycles. The maximum absolute atomic E-state index is 4.38. The van der Waals surface area contributed by atoms with Gasteiger partial charge in [0.15, 0.2) is 0 Å². The minimum atomic E-state index is 0.192. The van der Waals surface area contributed by atoms with E-state index in [-0.39, 0.29) is 5.41 Å². The van der Waals surface area contributed by atoms with Crippen molar-refractivity contribution in [2.24, 2.45) is 7.05 Å². The molecule has 3 heteroatoms. The molecule has 1 fully saturated rings. The highest BCUT2D eigenvalue weighted by Gasteiger charge is 2.41. The van der Waals surface area contributed by atoms with Crippen LogP contribution >= 0.6 is 0 Å². The summed E-state index contributed by atoms with van der Waals surface area (Å²) in [6.45, 7) is 0. The van der Waals surface area contributed by atoms with Crippen LogP contribution in [0.3, 0.4) is 0 Å². The normalized spacial score (nSPS) is 19.3. The zero-order valence-corrected chi connectivity index (χ0v) is 13.0. The predicted molar refractivity (Wildman–Crippen MR) is 86.2 cm³/mol. The summed E-state index contributed by atoms with van der Waals surface area (Å²) in [6, 6.07) is 11.4. The molecule has 1 unspecified atom stereocenters. The number of benzene rings is 1. The molecule has 1 heterocycles. The molecule has 2 aromatic rings. The van der Waals surface area contributed by atoms with Gasteiger partial charge in [-0.3, -0.25) is 4.68 Å². The van der Waals surface area contributed by atoms with Gasteiger partial charge in [0.05, 0.1) is 6.20 Å². The van der Waals surface area contributed by atoms with Crippen molar-refractivity contribution in [2.75, 3.05) is 7.05 Å². The highest BCUT2D eigenvalue weighted by Crippen LogP contribution is 2.47. The molecule has 3 rings (SSSR count). The first kappa shape index (κ1) is 14.3. The number of nitrogens with one attached hydrogen (secondary N) is 1. The zero-order valence-electron chi connectivity index (χ0n) is 13.0. The minimum absolute atomic E-state index is 0.192. The van der Waals surface area contributed by atoms with Gasteiger partial charge in [0.25, 0.3) is 0 Å². The van der Waals surface area contributed by atoms with Gasteiger partial charge in [-0.15, -0.1) is 0 Å². The summed E-state index contributed by atoms with van der Waals surface area (Å²) in [4.78, 5) is 0. The molecule has 1 saturated carbocycles.